The third-order valence-corrected chi connectivity index (χ3v) is 7.20. The fourth-order valence-electron chi connectivity index (χ4n) is 4.73. The number of nitrogens with zero attached hydrogens (tertiary/aromatic N) is 5. The molecule has 2 atom stereocenters. The van der Waals surface area contributed by atoms with Gasteiger partial charge in [0.1, 0.15) is 12.2 Å². The summed E-state index contributed by atoms with van der Waals surface area (Å²) in [7, 11) is 3.16. The van der Waals surface area contributed by atoms with Crippen molar-refractivity contribution in [1.29, 1.82) is 0 Å². The molecule has 2 aromatic carbocycles. The Morgan fingerprint density at radius 3 is 2.71 bits per heavy atom. The minimum atomic E-state index is -0.782. The molecule has 0 radical (unpaired) electrons. The van der Waals surface area contributed by atoms with Gasteiger partial charge in [-0.05, 0) is 17.2 Å². The van der Waals surface area contributed by atoms with Crippen LogP contribution in [-0.2, 0) is 16.1 Å². The highest BCUT2D eigenvalue weighted by molar-refractivity contribution is 7.22. The molecule has 2 aliphatic rings. The third kappa shape index (κ3) is 3.62. The molecule has 2 fully saturated rings. The van der Waals surface area contributed by atoms with Gasteiger partial charge in [0, 0.05) is 20.6 Å². The van der Waals surface area contributed by atoms with E-state index in [0.717, 1.165) is 21.3 Å². The van der Waals surface area contributed by atoms with Crippen molar-refractivity contribution in [2.24, 2.45) is 0 Å². The largest absolute Gasteiger partial charge is 0.375 e. The maximum atomic E-state index is 13.8. The lowest BCUT2D eigenvalue weighted by Gasteiger charge is -2.45. The number of benzene rings is 2. The van der Waals surface area contributed by atoms with Gasteiger partial charge < -0.3 is 20.9 Å². The smallest absolute Gasteiger partial charge is 0.331 e. The summed E-state index contributed by atoms with van der Waals surface area (Å²) in [5.74, 6) is -0.363. The van der Waals surface area contributed by atoms with Crippen LogP contribution in [0, 0.1) is 0 Å². The van der Waals surface area contributed by atoms with Crippen LogP contribution in [0.1, 0.15) is 17.2 Å². The predicted molar refractivity (Wildman–Crippen MR) is 128 cm³/mol. The number of amides is 4. The summed E-state index contributed by atoms with van der Waals surface area (Å²) < 4.78 is 0.956. The number of thiazole rings is 1. The van der Waals surface area contributed by atoms with Crippen LogP contribution in [0.25, 0.3) is 10.2 Å². The Morgan fingerprint density at radius 1 is 1.21 bits per heavy atom. The molecule has 11 heteroatoms. The molecule has 3 heterocycles. The van der Waals surface area contributed by atoms with Crippen LogP contribution in [0.4, 0.5) is 9.93 Å². The van der Waals surface area contributed by atoms with E-state index in [2.05, 4.69) is 10.3 Å². The van der Waals surface area contributed by atoms with E-state index in [-0.39, 0.29) is 30.9 Å². The number of urea groups is 1. The van der Waals surface area contributed by atoms with E-state index in [0.29, 0.717) is 11.7 Å². The van der Waals surface area contributed by atoms with Crippen LogP contribution < -0.4 is 11.1 Å². The molecule has 0 unspecified atom stereocenters. The van der Waals surface area contributed by atoms with Crippen LogP contribution in [-0.4, -0.2) is 76.0 Å². The first kappa shape index (κ1) is 22.1. The zero-order chi connectivity index (χ0) is 24.0. The Bertz CT molecular complexity index is 1260. The van der Waals surface area contributed by atoms with Gasteiger partial charge in [0.05, 0.1) is 23.3 Å². The minimum absolute atomic E-state index is 0.0112. The van der Waals surface area contributed by atoms with Crippen molar-refractivity contribution in [2.45, 2.75) is 18.8 Å². The van der Waals surface area contributed by atoms with Crippen molar-refractivity contribution >= 4 is 44.5 Å². The monoisotopic (exact) mass is 479 g/mol. The molecule has 0 bridgehead atoms. The summed E-state index contributed by atoms with van der Waals surface area (Å²) in [4.78, 5) is 47.1. The summed E-state index contributed by atoms with van der Waals surface area (Å²) in [6.45, 7) is 0.585. The molecule has 3 N–H and O–H groups in total. The minimum Gasteiger partial charge on any atom is -0.375 e. The van der Waals surface area contributed by atoms with Gasteiger partial charge in [-0.25, -0.2) is 9.78 Å². The summed E-state index contributed by atoms with van der Waals surface area (Å²) in [6, 6.07) is 14.0. The molecular formula is C23H25N7O3S. The molecule has 2 saturated heterocycles. The lowest BCUT2D eigenvalue weighted by Crippen LogP contribution is -2.62. The standard InChI is InChI=1S/C23H25N7O3S/c1-25-23(33)27(2)29-13-18(31)30-17(29)12-28(21(32)20(30)14-7-4-3-5-8-14)11-15-9-6-10-16-19(15)26-22(24)34-16/h3-10,17,20H,11-13H2,1-2H3,(H2,24,26)(H,25,33)/t17-,20+/m1/s1. The maximum Gasteiger partial charge on any atom is 0.331 e. The van der Waals surface area contributed by atoms with Crippen LogP contribution in [0.15, 0.2) is 48.5 Å². The second-order valence-electron chi connectivity index (χ2n) is 8.31. The maximum absolute atomic E-state index is 13.8. The number of aromatic nitrogens is 1. The number of para-hydroxylation sites is 1. The van der Waals surface area contributed by atoms with Gasteiger partial charge in [-0.3, -0.25) is 14.6 Å². The van der Waals surface area contributed by atoms with E-state index in [1.807, 2.05) is 48.5 Å². The predicted octanol–water partition coefficient (Wildman–Crippen LogP) is 1.62. The van der Waals surface area contributed by atoms with Crippen molar-refractivity contribution in [3.63, 3.8) is 0 Å². The van der Waals surface area contributed by atoms with Gasteiger partial charge in [0.25, 0.3) is 5.91 Å². The van der Waals surface area contributed by atoms with Crippen LogP contribution >= 0.6 is 11.3 Å². The summed E-state index contributed by atoms with van der Waals surface area (Å²) in [6.07, 6.45) is -0.489. The number of nitrogen functional groups attached to an aromatic ring is 1. The van der Waals surface area contributed by atoms with E-state index in [9.17, 15) is 14.4 Å². The lowest BCUT2D eigenvalue weighted by molar-refractivity contribution is -0.157. The molecule has 2 aliphatic heterocycles. The molecule has 34 heavy (non-hydrogen) atoms. The zero-order valence-electron chi connectivity index (χ0n) is 18.8. The average molecular weight is 480 g/mol. The Kier molecular flexibility index (Phi) is 5.58. The number of rotatable bonds is 4. The molecule has 1 aromatic heterocycles. The topological polar surface area (TPSA) is 115 Å². The van der Waals surface area contributed by atoms with E-state index in [4.69, 9.17) is 5.73 Å². The number of piperazine rings is 1. The van der Waals surface area contributed by atoms with Gasteiger partial charge in [0.2, 0.25) is 5.91 Å². The molecule has 0 saturated carbocycles. The fourth-order valence-corrected chi connectivity index (χ4v) is 5.52. The average Bonchev–Trinajstić information content (AvgIpc) is 3.38. The van der Waals surface area contributed by atoms with E-state index in [1.165, 1.54) is 23.4 Å². The first-order valence-electron chi connectivity index (χ1n) is 10.9. The van der Waals surface area contributed by atoms with Crippen molar-refractivity contribution in [3.8, 4) is 0 Å². The van der Waals surface area contributed by atoms with Gasteiger partial charge in [-0.1, -0.05) is 53.8 Å². The first-order chi connectivity index (χ1) is 16.4. The summed E-state index contributed by atoms with van der Waals surface area (Å²) >= 11 is 1.40. The fraction of sp³-hybridized carbons (Fsp3) is 0.304. The highest BCUT2D eigenvalue weighted by Gasteiger charge is 2.52. The summed E-state index contributed by atoms with van der Waals surface area (Å²) in [5, 5.41) is 6.18. The number of hydrogen-bond acceptors (Lipinski definition) is 7. The van der Waals surface area contributed by atoms with Gasteiger partial charge in [0.15, 0.2) is 5.13 Å². The lowest BCUT2D eigenvalue weighted by atomic mass is 10.00. The number of hydrogen-bond donors (Lipinski definition) is 2. The van der Waals surface area contributed by atoms with Gasteiger partial charge >= 0.3 is 6.03 Å². The molecule has 5 rings (SSSR count). The Labute approximate surface area is 200 Å². The number of carbonyl (C=O) groups excluding carboxylic acids is 3. The van der Waals surface area contributed by atoms with Crippen molar-refractivity contribution in [2.75, 3.05) is 32.9 Å². The number of anilines is 1. The third-order valence-electron chi connectivity index (χ3n) is 6.35. The second kappa shape index (κ2) is 8.58. The number of nitrogens with one attached hydrogen (secondary N) is 1. The zero-order valence-corrected chi connectivity index (χ0v) is 19.7. The second-order valence-corrected chi connectivity index (χ2v) is 9.37. The molecule has 3 aromatic rings. The Balaban J connectivity index is 1.54. The van der Waals surface area contributed by atoms with Crippen molar-refractivity contribution in [3.05, 3.63) is 59.7 Å². The van der Waals surface area contributed by atoms with Crippen LogP contribution in [0.5, 0.6) is 0 Å². The number of nitrogens with two attached hydrogens (primary N) is 1. The number of carbonyl (C=O) groups is 3. The Morgan fingerprint density at radius 2 is 1.97 bits per heavy atom. The summed E-state index contributed by atoms with van der Waals surface area (Å²) in [5.41, 5.74) is 8.32. The highest BCUT2D eigenvalue weighted by atomic mass is 32.1. The van der Waals surface area contributed by atoms with Gasteiger partial charge in [-0.15, -0.1) is 0 Å². The Hall–Kier alpha value is -3.70. The SMILES string of the molecule is CNC(=O)N(C)N1CC(=O)N2[C@@H](c3ccccc3)C(=O)N(Cc3cccc4sc(N)nc34)C[C@@H]21. The molecule has 4 amide bonds. The molecule has 176 valence electrons. The molecule has 0 aliphatic carbocycles. The normalized spacial score (nSPS) is 20.6. The van der Waals surface area contributed by atoms with E-state index >= 15 is 0 Å². The van der Waals surface area contributed by atoms with Gasteiger partial charge in [-0.2, -0.15) is 5.01 Å². The quantitative estimate of drug-likeness (QED) is 0.588. The van der Waals surface area contributed by atoms with Crippen molar-refractivity contribution < 1.29 is 14.4 Å². The number of hydrazine groups is 1. The molecule has 10 nitrogen and oxygen atoms in total. The molecule has 0 spiro atoms. The van der Waals surface area contributed by atoms with Crippen LogP contribution in [0.3, 0.4) is 0 Å². The van der Waals surface area contributed by atoms with E-state index in [1.54, 1.807) is 21.9 Å². The number of fused-ring (bicyclic) bond motifs is 2. The molecular weight excluding hydrogens is 454 g/mol. The first-order valence-corrected chi connectivity index (χ1v) is 11.7. The van der Waals surface area contributed by atoms with E-state index < -0.39 is 12.2 Å². The highest BCUT2D eigenvalue weighted by Crippen LogP contribution is 2.36. The van der Waals surface area contributed by atoms with Crippen molar-refractivity contribution in [1.82, 2.24) is 30.1 Å². The van der Waals surface area contributed by atoms with Crippen LogP contribution in [0.2, 0.25) is 0 Å².